The molecule has 0 unspecified atom stereocenters. The van der Waals surface area contributed by atoms with Gasteiger partial charge in [0, 0.05) is 12.1 Å². The van der Waals surface area contributed by atoms with Gasteiger partial charge in [-0.25, -0.2) is 0 Å². The van der Waals surface area contributed by atoms with Crippen molar-refractivity contribution < 1.29 is 14.4 Å². The third-order valence-corrected chi connectivity index (χ3v) is 2.94. The van der Waals surface area contributed by atoms with E-state index in [0.29, 0.717) is 29.2 Å². The molecule has 0 aliphatic rings. The average Bonchev–Trinajstić information content (AvgIpc) is 2.54. The number of hydrogen-bond donors (Lipinski definition) is 0. The van der Waals surface area contributed by atoms with Crippen molar-refractivity contribution in [1.29, 1.82) is 5.26 Å². The molecule has 0 saturated heterocycles. The number of ether oxygens (including phenoxy) is 2. The lowest BCUT2D eigenvalue weighted by Gasteiger charge is -2.12. The summed E-state index contributed by atoms with van der Waals surface area (Å²) >= 11 is 0. The molecule has 0 saturated carbocycles. The van der Waals surface area contributed by atoms with Gasteiger partial charge >= 0.3 is 0 Å². The first kappa shape index (κ1) is 15.3. The Labute approximate surface area is 127 Å². The lowest BCUT2D eigenvalue weighted by atomic mass is 10.2. The summed E-state index contributed by atoms with van der Waals surface area (Å²) in [4.78, 5) is 10.5. The summed E-state index contributed by atoms with van der Waals surface area (Å²) in [5.41, 5.74) is 0.940. The van der Waals surface area contributed by atoms with E-state index < -0.39 is 4.92 Å². The van der Waals surface area contributed by atoms with E-state index in [4.69, 9.17) is 14.7 Å². The minimum atomic E-state index is -0.444. The van der Waals surface area contributed by atoms with Crippen molar-refractivity contribution in [2.75, 3.05) is 6.61 Å². The summed E-state index contributed by atoms with van der Waals surface area (Å²) < 4.78 is 11.1. The van der Waals surface area contributed by atoms with E-state index in [1.807, 2.05) is 13.0 Å². The molecule has 0 bridgehead atoms. The molecule has 22 heavy (non-hydrogen) atoms. The summed E-state index contributed by atoms with van der Waals surface area (Å²) in [6, 6.07) is 13.2. The zero-order valence-electron chi connectivity index (χ0n) is 12.0. The van der Waals surface area contributed by atoms with Crippen LogP contribution in [-0.2, 0) is 6.61 Å². The van der Waals surface area contributed by atoms with Crippen molar-refractivity contribution in [1.82, 2.24) is 0 Å². The van der Waals surface area contributed by atoms with Crippen LogP contribution >= 0.6 is 0 Å². The summed E-state index contributed by atoms with van der Waals surface area (Å²) in [5.74, 6) is 0.888. The van der Waals surface area contributed by atoms with Crippen LogP contribution in [0.3, 0.4) is 0 Å². The molecule has 0 aliphatic heterocycles. The van der Waals surface area contributed by atoms with Crippen molar-refractivity contribution in [3.8, 4) is 17.6 Å². The van der Waals surface area contributed by atoms with Crippen LogP contribution in [0.15, 0.2) is 42.5 Å². The zero-order valence-corrected chi connectivity index (χ0v) is 12.0. The fourth-order valence-corrected chi connectivity index (χ4v) is 1.93. The molecule has 2 aromatic carbocycles. The van der Waals surface area contributed by atoms with Gasteiger partial charge in [0.2, 0.25) is 0 Å². The van der Waals surface area contributed by atoms with Crippen molar-refractivity contribution in [3.05, 3.63) is 63.7 Å². The lowest BCUT2D eigenvalue weighted by Crippen LogP contribution is -2.02. The van der Waals surface area contributed by atoms with Crippen molar-refractivity contribution in [2.24, 2.45) is 0 Å². The minimum Gasteiger partial charge on any atom is -0.490 e. The smallest absolute Gasteiger partial charge is 0.276 e. The van der Waals surface area contributed by atoms with E-state index in [1.165, 1.54) is 6.07 Å². The number of benzene rings is 2. The standard InChI is InChI=1S/C16H14N2O4/c1-2-21-16-9-12(10-17)7-8-15(16)22-11-13-5-3-4-6-14(13)18(19)20/h3-9H,2,11H2,1H3. The van der Waals surface area contributed by atoms with Gasteiger partial charge in [0.1, 0.15) is 6.61 Å². The van der Waals surface area contributed by atoms with Crippen molar-refractivity contribution >= 4 is 5.69 Å². The van der Waals surface area contributed by atoms with Crippen LogP contribution in [-0.4, -0.2) is 11.5 Å². The summed E-state index contributed by atoms with van der Waals surface area (Å²) in [6.45, 7) is 2.30. The van der Waals surface area contributed by atoms with E-state index in [0.717, 1.165) is 0 Å². The average molecular weight is 298 g/mol. The molecular formula is C16H14N2O4. The van der Waals surface area contributed by atoms with Crippen LogP contribution in [0.5, 0.6) is 11.5 Å². The Balaban J connectivity index is 2.22. The Bertz CT molecular complexity index is 722. The van der Waals surface area contributed by atoms with Gasteiger partial charge in [0.25, 0.3) is 5.69 Å². The maximum absolute atomic E-state index is 11.0. The molecule has 6 heteroatoms. The topological polar surface area (TPSA) is 85.4 Å². The highest BCUT2D eigenvalue weighted by Gasteiger charge is 2.14. The third-order valence-electron chi connectivity index (χ3n) is 2.94. The lowest BCUT2D eigenvalue weighted by molar-refractivity contribution is -0.385. The molecule has 0 N–H and O–H groups in total. The molecule has 0 spiro atoms. The molecular weight excluding hydrogens is 284 g/mol. The number of rotatable bonds is 6. The van der Waals surface area contributed by atoms with Gasteiger partial charge in [-0.15, -0.1) is 0 Å². The number of nitro benzene ring substituents is 1. The van der Waals surface area contributed by atoms with Crippen LogP contribution in [0.4, 0.5) is 5.69 Å². The molecule has 0 atom stereocenters. The molecule has 0 aliphatic carbocycles. The third kappa shape index (κ3) is 3.52. The number of hydrogen-bond acceptors (Lipinski definition) is 5. The monoisotopic (exact) mass is 298 g/mol. The molecule has 0 aromatic heterocycles. The van der Waals surface area contributed by atoms with Crippen molar-refractivity contribution in [2.45, 2.75) is 13.5 Å². The molecule has 2 aromatic rings. The highest BCUT2D eigenvalue weighted by atomic mass is 16.6. The predicted octanol–water partition coefficient (Wildman–Crippen LogP) is 3.44. The Morgan fingerprint density at radius 2 is 1.95 bits per heavy atom. The largest absolute Gasteiger partial charge is 0.490 e. The summed E-state index contributed by atoms with van der Waals surface area (Å²) in [6.07, 6.45) is 0. The SMILES string of the molecule is CCOc1cc(C#N)ccc1OCc1ccccc1[N+](=O)[O-]. The Kier molecular flexibility index (Phi) is 4.94. The Morgan fingerprint density at radius 1 is 1.18 bits per heavy atom. The first-order valence-electron chi connectivity index (χ1n) is 6.67. The minimum absolute atomic E-state index is 0.00843. The first-order valence-corrected chi connectivity index (χ1v) is 6.67. The second kappa shape index (κ2) is 7.09. The number of nitrogens with zero attached hydrogens (tertiary/aromatic N) is 2. The van der Waals surface area contributed by atoms with Crippen LogP contribution < -0.4 is 9.47 Å². The van der Waals surface area contributed by atoms with E-state index >= 15 is 0 Å². The molecule has 0 fully saturated rings. The number of nitriles is 1. The van der Waals surface area contributed by atoms with Gasteiger partial charge in [0.05, 0.1) is 28.7 Å². The predicted molar refractivity (Wildman–Crippen MR) is 79.8 cm³/mol. The molecule has 6 nitrogen and oxygen atoms in total. The maximum atomic E-state index is 11.0. The quantitative estimate of drug-likeness (QED) is 0.602. The van der Waals surface area contributed by atoms with Crippen LogP contribution in [0.1, 0.15) is 18.1 Å². The summed E-state index contributed by atoms with van der Waals surface area (Å²) in [5, 5.41) is 19.9. The molecule has 2 rings (SSSR count). The van der Waals surface area contributed by atoms with Crippen molar-refractivity contribution in [3.63, 3.8) is 0 Å². The molecule has 0 amide bonds. The van der Waals surface area contributed by atoms with Crippen LogP contribution in [0.2, 0.25) is 0 Å². The molecule has 112 valence electrons. The number of nitro groups is 1. The highest BCUT2D eigenvalue weighted by molar-refractivity contribution is 5.47. The summed E-state index contributed by atoms with van der Waals surface area (Å²) in [7, 11) is 0. The Morgan fingerprint density at radius 3 is 2.64 bits per heavy atom. The van der Waals surface area contributed by atoms with Gasteiger partial charge in [-0.05, 0) is 25.1 Å². The second-order valence-electron chi connectivity index (χ2n) is 4.38. The van der Waals surface area contributed by atoms with E-state index in [1.54, 1.807) is 36.4 Å². The number of para-hydroxylation sites is 1. The first-order chi connectivity index (χ1) is 10.7. The van der Waals surface area contributed by atoms with Crippen LogP contribution in [0, 0.1) is 21.4 Å². The fourth-order valence-electron chi connectivity index (χ4n) is 1.93. The van der Waals surface area contributed by atoms with E-state index in [2.05, 4.69) is 0 Å². The Hall–Kier alpha value is -3.07. The maximum Gasteiger partial charge on any atom is 0.276 e. The van der Waals surface area contributed by atoms with Gasteiger partial charge in [-0.2, -0.15) is 5.26 Å². The second-order valence-corrected chi connectivity index (χ2v) is 4.38. The highest BCUT2D eigenvalue weighted by Crippen LogP contribution is 2.30. The van der Waals surface area contributed by atoms with E-state index in [-0.39, 0.29) is 12.3 Å². The van der Waals surface area contributed by atoms with Crippen LogP contribution in [0.25, 0.3) is 0 Å². The van der Waals surface area contributed by atoms with Gasteiger partial charge < -0.3 is 9.47 Å². The normalized spacial score (nSPS) is 9.82. The van der Waals surface area contributed by atoms with Gasteiger partial charge in [-0.1, -0.05) is 12.1 Å². The fraction of sp³-hybridized carbons (Fsp3) is 0.188. The molecule has 0 heterocycles. The zero-order chi connectivity index (χ0) is 15.9. The van der Waals surface area contributed by atoms with Gasteiger partial charge in [-0.3, -0.25) is 10.1 Å². The van der Waals surface area contributed by atoms with E-state index in [9.17, 15) is 10.1 Å². The molecule has 0 radical (unpaired) electrons. The van der Waals surface area contributed by atoms with Gasteiger partial charge in [0.15, 0.2) is 11.5 Å².